The van der Waals surface area contributed by atoms with Crippen molar-refractivity contribution in [1.29, 1.82) is 0 Å². The summed E-state index contributed by atoms with van der Waals surface area (Å²) in [5, 5.41) is 8.08. The van der Waals surface area contributed by atoms with Gasteiger partial charge in [0, 0.05) is 18.3 Å². The summed E-state index contributed by atoms with van der Waals surface area (Å²) in [5.41, 5.74) is 1.88. The Morgan fingerprint density at radius 2 is 2.40 bits per heavy atom. The lowest BCUT2D eigenvalue weighted by molar-refractivity contribution is 0.245. The summed E-state index contributed by atoms with van der Waals surface area (Å²) in [4.78, 5) is 0. The molecule has 1 saturated heterocycles. The lowest BCUT2D eigenvalue weighted by Crippen LogP contribution is -2.46. The van der Waals surface area contributed by atoms with Gasteiger partial charge in [0.25, 0.3) is 0 Å². The molecule has 2 heterocycles. The largest absolute Gasteiger partial charge is 0.309 e. The quantitative estimate of drug-likeness (QED) is 0.871. The van der Waals surface area contributed by atoms with Crippen LogP contribution in [0.3, 0.4) is 0 Å². The molecule has 0 spiro atoms. The molecule has 0 aromatic carbocycles. The average Bonchev–Trinajstić information content (AvgIpc) is 2.68. The van der Waals surface area contributed by atoms with E-state index < -0.39 is 0 Å². The predicted molar refractivity (Wildman–Crippen MR) is 70.7 cm³/mol. The molecule has 1 N–H and O–H groups in total. The van der Waals surface area contributed by atoms with E-state index in [0.717, 1.165) is 6.54 Å². The fraction of sp³-hybridized carbons (Fsp3) is 0.667. The molecule has 1 nitrogen and oxygen atoms in total. The zero-order valence-electron chi connectivity index (χ0n) is 9.45. The standard InChI is InChI=1S/C12H19NS2/c1-12(2)4-6-15-9-11(12)13-7-10-3-5-14-8-10/h3,5,8,11,13H,4,6-7,9H2,1-2H3. The van der Waals surface area contributed by atoms with Gasteiger partial charge >= 0.3 is 0 Å². The van der Waals surface area contributed by atoms with Crippen LogP contribution >= 0.6 is 23.1 Å². The zero-order chi connectivity index (χ0) is 10.7. The van der Waals surface area contributed by atoms with Crippen molar-refractivity contribution in [1.82, 2.24) is 5.32 Å². The number of hydrogen-bond donors (Lipinski definition) is 1. The summed E-state index contributed by atoms with van der Waals surface area (Å²) in [5.74, 6) is 2.58. The molecule has 15 heavy (non-hydrogen) atoms. The summed E-state index contributed by atoms with van der Waals surface area (Å²) >= 11 is 3.86. The summed E-state index contributed by atoms with van der Waals surface area (Å²) < 4.78 is 0. The van der Waals surface area contributed by atoms with Crippen molar-refractivity contribution in [3.63, 3.8) is 0 Å². The first-order chi connectivity index (χ1) is 7.18. The van der Waals surface area contributed by atoms with Gasteiger partial charge in [-0.2, -0.15) is 23.1 Å². The second kappa shape index (κ2) is 4.89. The van der Waals surface area contributed by atoms with E-state index in [0.29, 0.717) is 11.5 Å². The van der Waals surface area contributed by atoms with Gasteiger partial charge in [-0.15, -0.1) is 0 Å². The van der Waals surface area contributed by atoms with E-state index >= 15 is 0 Å². The molecule has 1 unspecified atom stereocenters. The molecule has 0 amide bonds. The molecule has 84 valence electrons. The van der Waals surface area contributed by atoms with Crippen molar-refractivity contribution in [2.24, 2.45) is 5.41 Å². The smallest absolute Gasteiger partial charge is 0.0216 e. The Morgan fingerprint density at radius 3 is 3.07 bits per heavy atom. The Kier molecular flexibility index (Phi) is 3.75. The molecular formula is C12H19NS2. The number of nitrogens with one attached hydrogen (secondary N) is 1. The minimum absolute atomic E-state index is 0.460. The van der Waals surface area contributed by atoms with Gasteiger partial charge in [0.2, 0.25) is 0 Å². The first-order valence-electron chi connectivity index (χ1n) is 5.51. The number of thiophene rings is 1. The maximum absolute atomic E-state index is 3.70. The highest BCUT2D eigenvalue weighted by molar-refractivity contribution is 7.99. The zero-order valence-corrected chi connectivity index (χ0v) is 11.1. The third-order valence-corrected chi connectivity index (χ3v) is 5.05. The Hall–Kier alpha value is 0.01000. The molecule has 1 aliphatic rings. The molecule has 0 aliphatic carbocycles. The van der Waals surface area contributed by atoms with Crippen molar-refractivity contribution in [3.8, 4) is 0 Å². The molecule has 1 atom stereocenters. The van der Waals surface area contributed by atoms with Crippen molar-refractivity contribution >= 4 is 23.1 Å². The monoisotopic (exact) mass is 241 g/mol. The van der Waals surface area contributed by atoms with Crippen LogP contribution in [0.15, 0.2) is 16.8 Å². The lowest BCUT2D eigenvalue weighted by Gasteiger charge is -2.38. The van der Waals surface area contributed by atoms with Crippen molar-refractivity contribution < 1.29 is 0 Å². The molecule has 0 bridgehead atoms. The van der Waals surface area contributed by atoms with Crippen LogP contribution in [0.25, 0.3) is 0 Å². The van der Waals surface area contributed by atoms with Crippen LogP contribution in [-0.4, -0.2) is 17.5 Å². The molecule has 3 heteroatoms. The SMILES string of the molecule is CC1(C)CCSCC1NCc1ccsc1. The topological polar surface area (TPSA) is 12.0 Å². The van der Waals surface area contributed by atoms with Crippen LogP contribution in [0.2, 0.25) is 0 Å². The van der Waals surface area contributed by atoms with Crippen LogP contribution in [0.4, 0.5) is 0 Å². The molecule has 2 rings (SSSR count). The van der Waals surface area contributed by atoms with Gasteiger partial charge in [-0.05, 0) is 40.0 Å². The van der Waals surface area contributed by atoms with E-state index in [-0.39, 0.29) is 0 Å². The minimum Gasteiger partial charge on any atom is -0.309 e. The summed E-state index contributed by atoms with van der Waals surface area (Å²) in [7, 11) is 0. The third-order valence-electron chi connectivity index (χ3n) is 3.25. The van der Waals surface area contributed by atoms with Crippen molar-refractivity contribution in [2.75, 3.05) is 11.5 Å². The van der Waals surface area contributed by atoms with Crippen LogP contribution in [0.5, 0.6) is 0 Å². The fourth-order valence-corrected chi connectivity index (χ4v) is 4.22. The van der Waals surface area contributed by atoms with E-state index in [1.54, 1.807) is 11.3 Å². The molecule has 0 saturated carbocycles. The highest BCUT2D eigenvalue weighted by Crippen LogP contribution is 2.34. The van der Waals surface area contributed by atoms with E-state index in [9.17, 15) is 0 Å². The lowest BCUT2D eigenvalue weighted by atomic mass is 9.82. The number of thioether (sulfide) groups is 1. The Labute approximate surface area is 101 Å². The number of hydrogen-bond acceptors (Lipinski definition) is 3. The summed E-state index contributed by atoms with van der Waals surface area (Å²) in [6, 6.07) is 2.87. The van der Waals surface area contributed by atoms with Crippen LogP contribution in [0, 0.1) is 5.41 Å². The molecule has 0 radical (unpaired) electrons. The summed E-state index contributed by atoms with van der Waals surface area (Å²) in [6.45, 7) is 5.80. The van der Waals surface area contributed by atoms with E-state index in [2.05, 4.69) is 47.8 Å². The van der Waals surface area contributed by atoms with Gasteiger partial charge in [-0.3, -0.25) is 0 Å². The fourth-order valence-electron chi connectivity index (χ4n) is 1.91. The number of rotatable bonds is 3. The van der Waals surface area contributed by atoms with Gasteiger partial charge in [-0.1, -0.05) is 13.8 Å². The first-order valence-corrected chi connectivity index (χ1v) is 7.60. The molecule has 1 aromatic rings. The van der Waals surface area contributed by atoms with Gasteiger partial charge in [0.1, 0.15) is 0 Å². The Balaban J connectivity index is 1.88. The normalized spacial score (nSPS) is 25.3. The second-order valence-electron chi connectivity index (χ2n) is 4.88. The maximum atomic E-state index is 3.70. The minimum atomic E-state index is 0.460. The van der Waals surface area contributed by atoms with E-state index in [4.69, 9.17) is 0 Å². The third kappa shape index (κ3) is 2.99. The van der Waals surface area contributed by atoms with Crippen LogP contribution < -0.4 is 5.32 Å². The van der Waals surface area contributed by atoms with Gasteiger partial charge in [-0.25, -0.2) is 0 Å². The van der Waals surface area contributed by atoms with Gasteiger partial charge in [0.05, 0.1) is 0 Å². The maximum Gasteiger partial charge on any atom is 0.0216 e. The van der Waals surface area contributed by atoms with Gasteiger partial charge in [0.15, 0.2) is 0 Å². The molecule has 1 fully saturated rings. The Bertz CT molecular complexity index is 293. The van der Waals surface area contributed by atoms with Crippen LogP contribution in [-0.2, 0) is 6.54 Å². The van der Waals surface area contributed by atoms with E-state index in [1.165, 1.54) is 23.5 Å². The molecular weight excluding hydrogens is 222 g/mol. The van der Waals surface area contributed by atoms with Crippen molar-refractivity contribution in [3.05, 3.63) is 22.4 Å². The highest BCUT2D eigenvalue weighted by atomic mass is 32.2. The van der Waals surface area contributed by atoms with Crippen LogP contribution in [0.1, 0.15) is 25.8 Å². The van der Waals surface area contributed by atoms with Crippen molar-refractivity contribution in [2.45, 2.75) is 32.9 Å². The highest BCUT2D eigenvalue weighted by Gasteiger charge is 2.31. The molecule has 1 aromatic heterocycles. The Morgan fingerprint density at radius 1 is 1.53 bits per heavy atom. The molecule has 1 aliphatic heterocycles. The second-order valence-corrected chi connectivity index (χ2v) is 6.81. The van der Waals surface area contributed by atoms with Gasteiger partial charge < -0.3 is 5.32 Å². The summed E-state index contributed by atoms with van der Waals surface area (Å²) in [6.07, 6.45) is 1.33. The first kappa shape index (κ1) is 11.5. The predicted octanol–water partition coefficient (Wildman–Crippen LogP) is 3.37. The average molecular weight is 241 g/mol. The van der Waals surface area contributed by atoms with E-state index in [1.807, 2.05) is 0 Å².